The molecule has 3 rings (SSSR count). The normalized spacial score (nSPS) is 10.8. The predicted molar refractivity (Wildman–Crippen MR) is 113 cm³/mol. The first-order valence-electron chi connectivity index (χ1n) is 9.71. The van der Waals surface area contributed by atoms with Gasteiger partial charge >= 0.3 is 0 Å². The molecule has 0 bridgehead atoms. The molecule has 0 aromatic heterocycles. The van der Waals surface area contributed by atoms with Crippen molar-refractivity contribution in [3.63, 3.8) is 0 Å². The Morgan fingerprint density at radius 3 is 1.52 bits per heavy atom. The van der Waals surface area contributed by atoms with Gasteiger partial charge in [0, 0.05) is 11.1 Å². The average Bonchev–Trinajstić information content (AvgIpc) is 2.74. The van der Waals surface area contributed by atoms with Gasteiger partial charge in [0.15, 0.2) is 0 Å². The van der Waals surface area contributed by atoms with Gasteiger partial charge < -0.3 is 15.4 Å². The fourth-order valence-corrected chi connectivity index (χ4v) is 2.85. The molecular weight excluding hydrogens is 402 g/mol. The number of ether oxygens (including phenoxy) is 1. The fraction of sp³-hybridized carbons (Fsp3) is 0.167. The summed E-state index contributed by atoms with van der Waals surface area (Å²) in [4.78, 5) is 25.3. The Hall–Kier alpha value is -3.74. The lowest BCUT2D eigenvalue weighted by Gasteiger charge is -2.21. The van der Waals surface area contributed by atoms with Gasteiger partial charge in [-0.25, -0.2) is 8.78 Å². The molecule has 0 aliphatic heterocycles. The lowest BCUT2D eigenvalue weighted by atomic mass is 10.1. The second-order valence-electron chi connectivity index (χ2n) is 7.13. The second kappa shape index (κ2) is 9.84. The lowest BCUT2D eigenvalue weighted by Crippen LogP contribution is -2.41. The van der Waals surface area contributed by atoms with Crippen molar-refractivity contribution >= 4 is 11.8 Å². The molecule has 0 saturated heterocycles. The van der Waals surface area contributed by atoms with E-state index in [4.69, 9.17) is 4.74 Å². The first-order chi connectivity index (χ1) is 14.8. The molecule has 7 heteroatoms. The molecule has 0 fully saturated rings. The van der Waals surface area contributed by atoms with Crippen molar-refractivity contribution in [3.05, 3.63) is 101 Å². The standard InChI is InChI=1S/C24H22F2N2O3/c1-15(2)31-21-13-7-16(8-14-21)22(27-23(29)17-3-9-19(25)10-4-17)28-24(30)18-5-11-20(26)12-6-18/h3-15,22H,1-2H3,(H,27,29)(H,28,30). The van der Waals surface area contributed by atoms with Crippen molar-refractivity contribution in [1.29, 1.82) is 0 Å². The molecule has 0 heterocycles. The minimum atomic E-state index is -0.886. The summed E-state index contributed by atoms with van der Waals surface area (Å²) >= 11 is 0. The number of carbonyl (C=O) groups excluding carboxylic acids is 2. The maximum Gasteiger partial charge on any atom is 0.253 e. The smallest absolute Gasteiger partial charge is 0.253 e. The third kappa shape index (κ3) is 6.12. The zero-order chi connectivity index (χ0) is 22.4. The Kier molecular flexibility index (Phi) is 6.97. The first-order valence-corrected chi connectivity index (χ1v) is 9.71. The number of halogens is 2. The molecule has 0 saturated carbocycles. The van der Waals surface area contributed by atoms with Crippen LogP contribution in [0.3, 0.4) is 0 Å². The molecule has 31 heavy (non-hydrogen) atoms. The van der Waals surface area contributed by atoms with Gasteiger partial charge in [-0.2, -0.15) is 0 Å². The number of amides is 2. The third-order valence-corrected chi connectivity index (χ3v) is 4.35. The minimum absolute atomic E-state index is 0.00185. The summed E-state index contributed by atoms with van der Waals surface area (Å²) in [5, 5.41) is 5.47. The Bertz CT molecular complexity index is 974. The highest BCUT2D eigenvalue weighted by atomic mass is 19.1. The van der Waals surface area contributed by atoms with Crippen LogP contribution in [0.2, 0.25) is 0 Å². The number of carbonyl (C=O) groups is 2. The summed E-state index contributed by atoms with van der Waals surface area (Å²) in [7, 11) is 0. The monoisotopic (exact) mass is 424 g/mol. The summed E-state index contributed by atoms with van der Waals surface area (Å²) in [6.45, 7) is 3.81. The van der Waals surface area contributed by atoms with Crippen LogP contribution in [0.25, 0.3) is 0 Å². The SMILES string of the molecule is CC(C)Oc1ccc(C(NC(=O)c2ccc(F)cc2)NC(=O)c2ccc(F)cc2)cc1. The summed E-state index contributed by atoms with van der Waals surface area (Å²) in [5.41, 5.74) is 1.08. The van der Waals surface area contributed by atoms with Gasteiger partial charge in [-0.15, -0.1) is 0 Å². The highest BCUT2D eigenvalue weighted by molar-refractivity contribution is 5.96. The van der Waals surface area contributed by atoms with E-state index in [9.17, 15) is 18.4 Å². The molecule has 5 nitrogen and oxygen atoms in total. The van der Waals surface area contributed by atoms with E-state index in [-0.39, 0.29) is 17.2 Å². The molecular formula is C24H22F2N2O3. The van der Waals surface area contributed by atoms with Crippen LogP contribution in [0, 0.1) is 11.6 Å². The molecule has 3 aromatic rings. The molecule has 0 radical (unpaired) electrons. The molecule has 0 atom stereocenters. The fourth-order valence-electron chi connectivity index (χ4n) is 2.85. The van der Waals surface area contributed by atoms with E-state index < -0.39 is 29.6 Å². The summed E-state index contributed by atoms with van der Waals surface area (Å²) in [6.07, 6.45) is -0.888. The van der Waals surface area contributed by atoms with Gasteiger partial charge in [-0.05, 0) is 80.1 Å². The predicted octanol–water partition coefficient (Wildman–Crippen LogP) is 4.61. The molecule has 0 unspecified atom stereocenters. The third-order valence-electron chi connectivity index (χ3n) is 4.35. The second-order valence-corrected chi connectivity index (χ2v) is 7.13. The van der Waals surface area contributed by atoms with Gasteiger partial charge in [0.25, 0.3) is 11.8 Å². The van der Waals surface area contributed by atoms with Crippen LogP contribution in [0.4, 0.5) is 8.78 Å². The number of benzene rings is 3. The zero-order valence-electron chi connectivity index (χ0n) is 17.1. The van der Waals surface area contributed by atoms with E-state index in [0.29, 0.717) is 11.3 Å². The van der Waals surface area contributed by atoms with Crippen LogP contribution < -0.4 is 15.4 Å². The highest BCUT2D eigenvalue weighted by Gasteiger charge is 2.19. The van der Waals surface area contributed by atoms with E-state index in [0.717, 1.165) is 0 Å². The average molecular weight is 424 g/mol. The minimum Gasteiger partial charge on any atom is -0.491 e. The molecule has 2 N–H and O–H groups in total. The summed E-state index contributed by atoms with van der Waals surface area (Å²) in [6, 6.07) is 17.0. The van der Waals surface area contributed by atoms with Crippen molar-refractivity contribution in [2.45, 2.75) is 26.1 Å². The van der Waals surface area contributed by atoms with Crippen LogP contribution >= 0.6 is 0 Å². The molecule has 0 aliphatic rings. The Balaban J connectivity index is 1.83. The first kappa shape index (κ1) is 22.0. The van der Waals surface area contributed by atoms with E-state index in [2.05, 4.69) is 10.6 Å². The topological polar surface area (TPSA) is 67.4 Å². The van der Waals surface area contributed by atoms with Crippen LogP contribution in [0.5, 0.6) is 5.75 Å². The van der Waals surface area contributed by atoms with E-state index in [1.54, 1.807) is 24.3 Å². The maximum absolute atomic E-state index is 13.2. The summed E-state index contributed by atoms with van der Waals surface area (Å²) < 4.78 is 32.0. The van der Waals surface area contributed by atoms with Crippen LogP contribution in [0.15, 0.2) is 72.8 Å². The van der Waals surface area contributed by atoms with Crippen molar-refractivity contribution in [1.82, 2.24) is 10.6 Å². The van der Waals surface area contributed by atoms with Crippen LogP contribution in [-0.4, -0.2) is 17.9 Å². The van der Waals surface area contributed by atoms with Gasteiger partial charge in [0.2, 0.25) is 0 Å². The lowest BCUT2D eigenvalue weighted by molar-refractivity contribution is 0.0883. The molecule has 160 valence electrons. The molecule has 0 aliphatic carbocycles. The largest absolute Gasteiger partial charge is 0.491 e. The van der Waals surface area contributed by atoms with Crippen molar-refractivity contribution in [2.75, 3.05) is 0 Å². The van der Waals surface area contributed by atoms with Crippen molar-refractivity contribution in [2.24, 2.45) is 0 Å². The Morgan fingerprint density at radius 1 is 0.710 bits per heavy atom. The van der Waals surface area contributed by atoms with E-state index in [1.165, 1.54) is 48.5 Å². The van der Waals surface area contributed by atoms with Crippen molar-refractivity contribution < 1.29 is 23.1 Å². The van der Waals surface area contributed by atoms with Gasteiger partial charge in [0.1, 0.15) is 23.5 Å². The quantitative estimate of drug-likeness (QED) is 0.545. The van der Waals surface area contributed by atoms with Gasteiger partial charge in [0.05, 0.1) is 6.10 Å². The molecule has 3 aromatic carbocycles. The Labute approximate surface area is 179 Å². The van der Waals surface area contributed by atoms with Gasteiger partial charge in [-0.1, -0.05) is 12.1 Å². The maximum atomic E-state index is 13.2. The number of hydrogen-bond acceptors (Lipinski definition) is 3. The molecule has 2 amide bonds. The van der Waals surface area contributed by atoms with Gasteiger partial charge in [-0.3, -0.25) is 9.59 Å². The van der Waals surface area contributed by atoms with E-state index in [1.807, 2.05) is 13.8 Å². The highest BCUT2D eigenvalue weighted by Crippen LogP contribution is 2.19. The summed E-state index contributed by atoms with van der Waals surface area (Å²) in [5.74, 6) is -1.26. The Morgan fingerprint density at radius 2 is 1.13 bits per heavy atom. The van der Waals surface area contributed by atoms with Crippen molar-refractivity contribution in [3.8, 4) is 5.75 Å². The zero-order valence-corrected chi connectivity index (χ0v) is 17.1. The number of hydrogen-bond donors (Lipinski definition) is 2. The van der Waals surface area contributed by atoms with E-state index >= 15 is 0 Å². The molecule has 0 spiro atoms. The number of nitrogens with one attached hydrogen (secondary N) is 2. The van der Waals surface area contributed by atoms with Crippen LogP contribution in [-0.2, 0) is 0 Å². The number of rotatable bonds is 7. The van der Waals surface area contributed by atoms with Crippen LogP contribution in [0.1, 0.15) is 46.3 Å².